The van der Waals surface area contributed by atoms with Crippen molar-refractivity contribution in [3.63, 3.8) is 0 Å². The fourth-order valence-corrected chi connectivity index (χ4v) is 2.16. The van der Waals surface area contributed by atoms with Crippen LogP contribution in [0.25, 0.3) is 5.69 Å². The van der Waals surface area contributed by atoms with Crippen LogP contribution in [0, 0.1) is 0 Å². The van der Waals surface area contributed by atoms with Crippen LogP contribution in [0.3, 0.4) is 0 Å². The van der Waals surface area contributed by atoms with Crippen molar-refractivity contribution in [3.8, 4) is 5.69 Å². The van der Waals surface area contributed by atoms with Crippen LogP contribution < -0.4 is 11.1 Å². The zero-order valence-electron chi connectivity index (χ0n) is 12.9. The number of nitrogens with zero attached hydrogens (tertiary/aromatic N) is 3. The summed E-state index contributed by atoms with van der Waals surface area (Å²) in [7, 11) is 0. The quantitative estimate of drug-likeness (QED) is 0.743. The number of hydrogen-bond acceptors (Lipinski definition) is 4. The van der Waals surface area contributed by atoms with Crippen molar-refractivity contribution >= 4 is 18.3 Å². The maximum absolute atomic E-state index is 12.1. The number of carbonyl (C=O) groups excluding carboxylic acids is 1. The van der Waals surface area contributed by atoms with E-state index in [4.69, 9.17) is 5.73 Å². The number of benzene rings is 2. The molecule has 3 rings (SSSR count). The lowest BCUT2D eigenvalue weighted by atomic mass is 10.1. The molecular formula is C17H18ClN5O. The fraction of sp³-hybridized carbons (Fsp3) is 0.118. The number of halogens is 1. The average Bonchev–Trinajstić information content (AvgIpc) is 3.11. The molecule has 0 aliphatic heterocycles. The van der Waals surface area contributed by atoms with Crippen molar-refractivity contribution in [1.29, 1.82) is 0 Å². The van der Waals surface area contributed by atoms with Crippen molar-refractivity contribution in [1.82, 2.24) is 20.3 Å². The number of nitrogens with one attached hydrogen (secondary N) is 1. The second-order valence-corrected chi connectivity index (χ2v) is 5.08. The van der Waals surface area contributed by atoms with Crippen LogP contribution in [-0.2, 0) is 0 Å². The summed E-state index contributed by atoms with van der Waals surface area (Å²) >= 11 is 0. The van der Waals surface area contributed by atoms with Gasteiger partial charge >= 0.3 is 0 Å². The lowest BCUT2D eigenvalue weighted by Crippen LogP contribution is -2.32. The minimum atomic E-state index is -0.293. The van der Waals surface area contributed by atoms with Crippen molar-refractivity contribution in [2.45, 2.75) is 6.04 Å². The second-order valence-electron chi connectivity index (χ2n) is 5.08. The molecular weight excluding hydrogens is 326 g/mol. The topological polar surface area (TPSA) is 85.8 Å². The smallest absolute Gasteiger partial charge is 0.273 e. The zero-order chi connectivity index (χ0) is 16.1. The summed E-state index contributed by atoms with van der Waals surface area (Å²) in [5, 5.41) is 11.1. The molecule has 0 aliphatic rings. The van der Waals surface area contributed by atoms with Crippen LogP contribution in [0.2, 0.25) is 0 Å². The van der Waals surface area contributed by atoms with Crippen LogP contribution in [0.1, 0.15) is 22.1 Å². The molecule has 0 saturated carbocycles. The first-order chi connectivity index (χ1) is 11.2. The van der Waals surface area contributed by atoms with E-state index >= 15 is 0 Å². The molecule has 1 aromatic heterocycles. The monoisotopic (exact) mass is 343 g/mol. The SMILES string of the molecule is Cl.N[C@@H](CNC(=O)c1cnn(-c2ccccc2)n1)c1ccccc1. The molecule has 1 amide bonds. The van der Waals surface area contributed by atoms with Gasteiger partial charge in [-0.15, -0.1) is 17.5 Å². The Morgan fingerprint density at radius 3 is 2.38 bits per heavy atom. The Morgan fingerprint density at radius 1 is 1.08 bits per heavy atom. The molecule has 6 nitrogen and oxygen atoms in total. The van der Waals surface area contributed by atoms with Crippen molar-refractivity contribution in [3.05, 3.63) is 78.1 Å². The Kier molecular flexibility index (Phi) is 6.06. The minimum absolute atomic E-state index is 0. The van der Waals surface area contributed by atoms with E-state index in [1.54, 1.807) is 0 Å². The van der Waals surface area contributed by atoms with Gasteiger partial charge in [0, 0.05) is 12.6 Å². The molecule has 0 unspecified atom stereocenters. The highest BCUT2D eigenvalue weighted by molar-refractivity contribution is 5.91. The van der Waals surface area contributed by atoms with E-state index < -0.39 is 0 Å². The van der Waals surface area contributed by atoms with Crippen LogP contribution in [0.15, 0.2) is 66.9 Å². The van der Waals surface area contributed by atoms with Crippen molar-refractivity contribution < 1.29 is 4.79 Å². The Balaban J connectivity index is 0.00000208. The van der Waals surface area contributed by atoms with Gasteiger partial charge in [0.25, 0.3) is 5.91 Å². The van der Waals surface area contributed by atoms with Gasteiger partial charge in [0.1, 0.15) is 0 Å². The van der Waals surface area contributed by atoms with Gasteiger partial charge in [-0.3, -0.25) is 4.79 Å². The van der Waals surface area contributed by atoms with Gasteiger partial charge in [0.15, 0.2) is 5.69 Å². The normalized spacial score (nSPS) is 11.4. The molecule has 7 heteroatoms. The third kappa shape index (κ3) is 4.18. The van der Waals surface area contributed by atoms with E-state index in [0.29, 0.717) is 6.54 Å². The first-order valence-corrected chi connectivity index (χ1v) is 7.30. The highest BCUT2D eigenvalue weighted by atomic mass is 35.5. The maximum atomic E-state index is 12.1. The highest BCUT2D eigenvalue weighted by Gasteiger charge is 2.13. The van der Waals surface area contributed by atoms with Gasteiger partial charge in [-0.2, -0.15) is 9.90 Å². The average molecular weight is 344 g/mol. The Hall–Kier alpha value is -2.70. The number of nitrogens with two attached hydrogens (primary N) is 1. The second kappa shape index (κ2) is 8.24. The molecule has 3 N–H and O–H groups in total. The van der Waals surface area contributed by atoms with Gasteiger partial charge in [0.05, 0.1) is 11.9 Å². The van der Waals surface area contributed by atoms with Crippen LogP contribution in [-0.4, -0.2) is 27.4 Å². The molecule has 1 atom stereocenters. The standard InChI is InChI=1S/C17H17N5O.ClH/c18-15(13-7-3-1-4-8-13)11-19-17(23)16-12-20-22(21-16)14-9-5-2-6-10-14;/h1-10,12,15H,11,18H2,(H,19,23);1H/t15-;/m0./s1. The molecule has 0 radical (unpaired) electrons. The number of rotatable bonds is 5. The first kappa shape index (κ1) is 17.7. The highest BCUT2D eigenvalue weighted by Crippen LogP contribution is 2.08. The van der Waals surface area contributed by atoms with Crippen LogP contribution in [0.5, 0.6) is 0 Å². The molecule has 0 spiro atoms. The molecule has 24 heavy (non-hydrogen) atoms. The van der Waals surface area contributed by atoms with Crippen LogP contribution >= 0.6 is 12.4 Å². The predicted molar refractivity (Wildman–Crippen MR) is 94.3 cm³/mol. The van der Waals surface area contributed by atoms with Crippen molar-refractivity contribution in [2.24, 2.45) is 5.73 Å². The molecule has 0 bridgehead atoms. The number of hydrogen-bond donors (Lipinski definition) is 2. The number of amides is 1. The molecule has 3 aromatic rings. The Morgan fingerprint density at radius 2 is 1.71 bits per heavy atom. The summed E-state index contributed by atoms with van der Waals surface area (Å²) < 4.78 is 0. The van der Waals surface area contributed by atoms with E-state index in [0.717, 1.165) is 11.3 Å². The Bertz CT molecular complexity index is 776. The molecule has 2 aromatic carbocycles. The Labute approximate surface area is 146 Å². The molecule has 0 fully saturated rings. The van der Waals surface area contributed by atoms with E-state index in [9.17, 15) is 4.79 Å². The van der Waals surface area contributed by atoms with E-state index in [2.05, 4.69) is 15.5 Å². The summed E-state index contributed by atoms with van der Waals surface area (Å²) in [5.74, 6) is -0.293. The van der Waals surface area contributed by atoms with Gasteiger partial charge in [0.2, 0.25) is 0 Å². The minimum Gasteiger partial charge on any atom is -0.349 e. The molecule has 0 aliphatic carbocycles. The van der Waals surface area contributed by atoms with Crippen LogP contribution in [0.4, 0.5) is 0 Å². The lowest BCUT2D eigenvalue weighted by molar-refractivity contribution is 0.0946. The maximum Gasteiger partial charge on any atom is 0.273 e. The van der Waals surface area contributed by atoms with Crippen molar-refractivity contribution in [2.75, 3.05) is 6.54 Å². The van der Waals surface area contributed by atoms with E-state index in [-0.39, 0.29) is 30.0 Å². The summed E-state index contributed by atoms with van der Waals surface area (Å²) in [6, 6.07) is 18.8. The molecule has 1 heterocycles. The van der Waals surface area contributed by atoms with Gasteiger partial charge in [-0.05, 0) is 17.7 Å². The van der Waals surface area contributed by atoms with E-state index in [1.165, 1.54) is 11.0 Å². The fourth-order valence-electron chi connectivity index (χ4n) is 2.16. The third-order valence-corrected chi connectivity index (χ3v) is 3.42. The summed E-state index contributed by atoms with van der Waals surface area (Å²) in [5.41, 5.74) is 8.09. The summed E-state index contributed by atoms with van der Waals surface area (Å²) in [6.45, 7) is 0.334. The predicted octanol–water partition coefficient (Wildman–Crippen LogP) is 2.12. The largest absolute Gasteiger partial charge is 0.349 e. The molecule has 124 valence electrons. The summed E-state index contributed by atoms with van der Waals surface area (Å²) in [6.07, 6.45) is 1.44. The summed E-state index contributed by atoms with van der Waals surface area (Å²) in [4.78, 5) is 13.6. The number of para-hydroxylation sites is 1. The zero-order valence-corrected chi connectivity index (χ0v) is 13.7. The lowest BCUT2D eigenvalue weighted by Gasteiger charge is -2.12. The first-order valence-electron chi connectivity index (χ1n) is 7.30. The van der Waals surface area contributed by atoms with Gasteiger partial charge in [-0.1, -0.05) is 48.5 Å². The third-order valence-electron chi connectivity index (χ3n) is 3.42. The molecule has 0 saturated heterocycles. The number of carbonyl (C=O) groups is 1. The van der Waals surface area contributed by atoms with Gasteiger partial charge < -0.3 is 11.1 Å². The number of aromatic nitrogens is 3. The van der Waals surface area contributed by atoms with Gasteiger partial charge in [-0.25, -0.2) is 0 Å². The van der Waals surface area contributed by atoms with E-state index in [1.807, 2.05) is 60.7 Å².